The molecule has 1 saturated heterocycles. The van der Waals surface area contributed by atoms with Crippen molar-refractivity contribution in [1.82, 2.24) is 0 Å². The van der Waals surface area contributed by atoms with Gasteiger partial charge in [-0.2, -0.15) is 0 Å². The number of nitrogens with zero attached hydrogens (tertiary/aromatic N) is 1. The van der Waals surface area contributed by atoms with Crippen molar-refractivity contribution in [2.45, 2.75) is 39.4 Å². The SMILES string of the molecule is C/C=C/C(=N/OC1CCCCO1)C(=O)OCC. The van der Waals surface area contributed by atoms with E-state index in [0.717, 1.165) is 19.3 Å². The van der Waals surface area contributed by atoms with Gasteiger partial charge < -0.3 is 14.3 Å². The fraction of sp³-hybridized carbons (Fsp3) is 0.667. The molecule has 1 unspecified atom stereocenters. The van der Waals surface area contributed by atoms with E-state index >= 15 is 0 Å². The molecule has 1 aliphatic rings. The van der Waals surface area contributed by atoms with E-state index in [-0.39, 0.29) is 12.0 Å². The monoisotopic (exact) mass is 241 g/mol. The summed E-state index contributed by atoms with van der Waals surface area (Å²) in [7, 11) is 0. The first-order valence-corrected chi connectivity index (χ1v) is 5.93. The molecule has 0 aromatic rings. The second kappa shape index (κ2) is 7.84. The molecule has 0 saturated carbocycles. The minimum absolute atomic E-state index is 0.156. The molecule has 17 heavy (non-hydrogen) atoms. The van der Waals surface area contributed by atoms with Crippen LogP contribution in [0.1, 0.15) is 33.1 Å². The molecule has 0 spiro atoms. The average molecular weight is 241 g/mol. The Morgan fingerprint density at radius 2 is 2.35 bits per heavy atom. The fourth-order valence-electron chi connectivity index (χ4n) is 1.41. The maximum Gasteiger partial charge on any atom is 0.360 e. The van der Waals surface area contributed by atoms with Crippen molar-refractivity contribution in [3.8, 4) is 0 Å². The van der Waals surface area contributed by atoms with E-state index < -0.39 is 5.97 Å². The van der Waals surface area contributed by atoms with Crippen LogP contribution in [0.15, 0.2) is 17.3 Å². The Kier molecular flexibility index (Phi) is 6.32. The number of hydrogen-bond acceptors (Lipinski definition) is 5. The minimum atomic E-state index is -0.485. The summed E-state index contributed by atoms with van der Waals surface area (Å²) in [6.45, 7) is 4.54. The summed E-state index contributed by atoms with van der Waals surface area (Å²) in [5, 5.41) is 3.79. The van der Waals surface area contributed by atoms with E-state index in [2.05, 4.69) is 5.16 Å². The largest absolute Gasteiger partial charge is 0.461 e. The Hall–Kier alpha value is -1.36. The van der Waals surface area contributed by atoms with E-state index in [9.17, 15) is 4.79 Å². The Labute approximate surface area is 101 Å². The highest BCUT2D eigenvalue weighted by molar-refractivity contribution is 6.40. The molecule has 1 atom stereocenters. The molecule has 1 aliphatic heterocycles. The number of allylic oxidation sites excluding steroid dienone is 1. The third kappa shape index (κ3) is 4.99. The number of ether oxygens (including phenoxy) is 2. The standard InChI is InChI=1S/C12H19NO4/c1-3-7-10(12(14)15-4-2)13-17-11-8-5-6-9-16-11/h3,7,11H,4-6,8-9H2,1-2H3/b7-3+,13-10-. The maximum absolute atomic E-state index is 11.5. The summed E-state index contributed by atoms with van der Waals surface area (Å²) in [6, 6.07) is 0. The van der Waals surface area contributed by atoms with Crippen LogP contribution in [0.5, 0.6) is 0 Å². The molecule has 0 N–H and O–H groups in total. The quantitative estimate of drug-likeness (QED) is 0.420. The van der Waals surface area contributed by atoms with Crippen molar-refractivity contribution in [1.29, 1.82) is 0 Å². The van der Waals surface area contributed by atoms with Gasteiger partial charge in [0, 0.05) is 6.42 Å². The third-order valence-electron chi connectivity index (χ3n) is 2.22. The summed E-state index contributed by atoms with van der Waals surface area (Å²) in [5.41, 5.74) is 0.156. The zero-order valence-corrected chi connectivity index (χ0v) is 10.3. The summed E-state index contributed by atoms with van der Waals surface area (Å²) in [4.78, 5) is 16.7. The highest BCUT2D eigenvalue weighted by atomic mass is 16.8. The number of hydrogen-bond donors (Lipinski definition) is 0. The van der Waals surface area contributed by atoms with Crippen LogP contribution in [-0.2, 0) is 19.1 Å². The van der Waals surface area contributed by atoms with E-state index in [4.69, 9.17) is 14.3 Å². The minimum Gasteiger partial charge on any atom is -0.461 e. The summed E-state index contributed by atoms with van der Waals surface area (Å²) >= 11 is 0. The first-order valence-electron chi connectivity index (χ1n) is 5.93. The molecule has 96 valence electrons. The number of carbonyl (C=O) groups is 1. The Bertz CT molecular complexity index is 293. The fourth-order valence-corrected chi connectivity index (χ4v) is 1.41. The molecule has 1 fully saturated rings. The van der Waals surface area contributed by atoms with Crippen molar-refractivity contribution in [2.75, 3.05) is 13.2 Å². The third-order valence-corrected chi connectivity index (χ3v) is 2.22. The Balaban J connectivity index is 2.53. The first-order chi connectivity index (χ1) is 8.27. The van der Waals surface area contributed by atoms with E-state index in [1.165, 1.54) is 0 Å². The molecule has 5 nitrogen and oxygen atoms in total. The second-order valence-corrected chi connectivity index (χ2v) is 3.60. The lowest BCUT2D eigenvalue weighted by molar-refractivity contribution is -0.162. The molecule has 0 aromatic carbocycles. The van der Waals surface area contributed by atoms with Gasteiger partial charge in [0.15, 0.2) is 5.71 Å². The molecule has 1 heterocycles. The van der Waals surface area contributed by atoms with Gasteiger partial charge >= 0.3 is 5.97 Å². The van der Waals surface area contributed by atoms with E-state index in [0.29, 0.717) is 13.2 Å². The first kappa shape index (κ1) is 13.7. The normalized spacial score (nSPS) is 21.5. The average Bonchev–Trinajstić information content (AvgIpc) is 2.36. The van der Waals surface area contributed by atoms with Gasteiger partial charge in [-0.15, -0.1) is 0 Å². The van der Waals surface area contributed by atoms with Gasteiger partial charge in [-0.05, 0) is 32.8 Å². The van der Waals surface area contributed by atoms with Crippen LogP contribution in [0.25, 0.3) is 0 Å². The molecule has 0 bridgehead atoms. The Morgan fingerprint density at radius 1 is 1.53 bits per heavy atom. The molecule has 1 rings (SSSR count). The van der Waals surface area contributed by atoms with Gasteiger partial charge in [-0.3, -0.25) is 0 Å². The second-order valence-electron chi connectivity index (χ2n) is 3.60. The lowest BCUT2D eigenvalue weighted by Crippen LogP contribution is -2.22. The summed E-state index contributed by atoms with van der Waals surface area (Å²) in [6.07, 6.45) is 5.82. The number of carbonyl (C=O) groups excluding carboxylic acids is 1. The summed E-state index contributed by atoms with van der Waals surface area (Å²) in [5.74, 6) is -0.485. The van der Waals surface area contributed by atoms with Crippen LogP contribution in [0, 0.1) is 0 Å². The van der Waals surface area contributed by atoms with Crippen LogP contribution in [0.2, 0.25) is 0 Å². The van der Waals surface area contributed by atoms with Gasteiger partial charge in [0.1, 0.15) is 0 Å². The molecule has 0 aromatic heterocycles. The zero-order valence-electron chi connectivity index (χ0n) is 10.3. The lowest BCUT2D eigenvalue weighted by Gasteiger charge is -2.20. The van der Waals surface area contributed by atoms with Crippen LogP contribution in [-0.4, -0.2) is 31.2 Å². The van der Waals surface area contributed by atoms with Gasteiger partial charge in [-0.1, -0.05) is 11.2 Å². The topological polar surface area (TPSA) is 57.1 Å². The van der Waals surface area contributed by atoms with Gasteiger partial charge in [0.25, 0.3) is 0 Å². The highest BCUT2D eigenvalue weighted by Gasteiger charge is 2.16. The van der Waals surface area contributed by atoms with Crippen LogP contribution in [0.4, 0.5) is 0 Å². The maximum atomic E-state index is 11.5. The number of oxime groups is 1. The molecule has 0 radical (unpaired) electrons. The smallest absolute Gasteiger partial charge is 0.360 e. The molecule has 0 amide bonds. The number of rotatable bonds is 5. The van der Waals surface area contributed by atoms with Crippen molar-refractivity contribution < 1.29 is 19.1 Å². The van der Waals surface area contributed by atoms with Crippen molar-refractivity contribution >= 4 is 11.7 Å². The molecular formula is C12H19NO4. The van der Waals surface area contributed by atoms with E-state index in [1.54, 1.807) is 26.0 Å². The summed E-state index contributed by atoms with van der Waals surface area (Å²) < 4.78 is 10.2. The van der Waals surface area contributed by atoms with Gasteiger partial charge in [-0.25, -0.2) is 4.79 Å². The molecule has 5 heteroatoms. The highest BCUT2D eigenvalue weighted by Crippen LogP contribution is 2.13. The molecule has 0 aliphatic carbocycles. The van der Waals surface area contributed by atoms with Crippen molar-refractivity contribution in [3.05, 3.63) is 12.2 Å². The molecular weight excluding hydrogens is 222 g/mol. The lowest BCUT2D eigenvalue weighted by atomic mass is 10.2. The van der Waals surface area contributed by atoms with Crippen LogP contribution >= 0.6 is 0 Å². The van der Waals surface area contributed by atoms with Gasteiger partial charge in [0.05, 0.1) is 13.2 Å². The van der Waals surface area contributed by atoms with Gasteiger partial charge in [0.2, 0.25) is 6.29 Å². The van der Waals surface area contributed by atoms with Crippen LogP contribution < -0.4 is 0 Å². The number of esters is 1. The van der Waals surface area contributed by atoms with Crippen molar-refractivity contribution in [3.63, 3.8) is 0 Å². The predicted molar refractivity (Wildman–Crippen MR) is 63.6 cm³/mol. The van der Waals surface area contributed by atoms with Crippen LogP contribution in [0.3, 0.4) is 0 Å². The van der Waals surface area contributed by atoms with Crippen molar-refractivity contribution in [2.24, 2.45) is 5.16 Å². The predicted octanol–water partition coefficient (Wildman–Crippen LogP) is 2.02. The zero-order chi connectivity index (χ0) is 12.5. The Morgan fingerprint density at radius 3 is 2.94 bits per heavy atom. The van der Waals surface area contributed by atoms with E-state index in [1.807, 2.05) is 0 Å².